The van der Waals surface area contributed by atoms with Crippen molar-refractivity contribution in [2.45, 2.75) is 358 Å². The number of allylic oxidation sites excluding steroid dienone is 9. The number of hydrogen-bond donors (Lipinski definition) is 6. The lowest BCUT2D eigenvalue weighted by atomic mass is 9.99. The highest BCUT2D eigenvalue weighted by Crippen LogP contribution is 2.23. The number of esters is 1. The van der Waals surface area contributed by atoms with E-state index in [4.69, 9.17) is 14.2 Å². The number of ether oxygens (including phenoxy) is 3. The second-order valence-corrected chi connectivity index (χ2v) is 23.9. The largest absolute Gasteiger partial charge is 0.466 e. The zero-order chi connectivity index (χ0) is 59.5. The summed E-state index contributed by atoms with van der Waals surface area (Å²) < 4.78 is 16.7. The molecule has 1 saturated heterocycles. The van der Waals surface area contributed by atoms with Crippen molar-refractivity contribution in [3.05, 3.63) is 60.8 Å². The summed E-state index contributed by atoms with van der Waals surface area (Å²) >= 11 is 0. The van der Waals surface area contributed by atoms with Crippen molar-refractivity contribution < 1.29 is 49.3 Å². The van der Waals surface area contributed by atoms with E-state index in [0.717, 1.165) is 64.2 Å². The molecular weight excluding hydrogens is 1030 g/mol. The van der Waals surface area contributed by atoms with Crippen molar-refractivity contribution in [2.75, 3.05) is 19.8 Å². The van der Waals surface area contributed by atoms with Crippen LogP contribution in [0.5, 0.6) is 0 Å². The van der Waals surface area contributed by atoms with Crippen molar-refractivity contribution in [3.63, 3.8) is 0 Å². The van der Waals surface area contributed by atoms with E-state index in [1.807, 2.05) is 6.08 Å². The van der Waals surface area contributed by atoms with Crippen LogP contribution in [0.25, 0.3) is 0 Å². The molecule has 7 atom stereocenters. The first-order chi connectivity index (χ1) is 40.2. The molecule has 1 aliphatic rings. The number of rotatable bonds is 60. The van der Waals surface area contributed by atoms with Gasteiger partial charge in [-0.15, -0.1) is 0 Å². The van der Waals surface area contributed by atoms with Crippen LogP contribution in [0.15, 0.2) is 60.8 Å². The van der Waals surface area contributed by atoms with Crippen LogP contribution in [-0.4, -0.2) is 100 Å². The number of hydrogen-bond acceptors (Lipinski definition) is 10. The Labute approximate surface area is 503 Å². The molecule has 0 aromatic heterocycles. The summed E-state index contributed by atoms with van der Waals surface area (Å²) in [5, 5.41) is 54.2. The van der Waals surface area contributed by atoms with E-state index in [1.54, 1.807) is 6.08 Å². The van der Waals surface area contributed by atoms with E-state index in [-0.39, 0.29) is 18.5 Å². The lowest BCUT2D eigenvalue weighted by Gasteiger charge is -2.40. The Kier molecular flexibility index (Phi) is 56.7. The van der Waals surface area contributed by atoms with Crippen molar-refractivity contribution in [3.8, 4) is 0 Å². The zero-order valence-corrected chi connectivity index (χ0v) is 52.9. The first-order valence-electron chi connectivity index (χ1n) is 34.6. The average molecular weight is 1160 g/mol. The Morgan fingerprint density at radius 3 is 1.30 bits per heavy atom. The van der Waals surface area contributed by atoms with Crippen LogP contribution in [0.2, 0.25) is 0 Å². The van der Waals surface area contributed by atoms with Gasteiger partial charge in [0.1, 0.15) is 24.4 Å². The molecule has 0 aliphatic carbocycles. The lowest BCUT2D eigenvalue weighted by Crippen LogP contribution is -2.60. The maximum atomic E-state index is 13.0. The van der Waals surface area contributed by atoms with Crippen LogP contribution in [0, 0.1) is 0 Å². The molecule has 0 aromatic rings. The van der Waals surface area contributed by atoms with Crippen LogP contribution in [0.4, 0.5) is 0 Å². The molecule has 7 unspecified atom stereocenters. The van der Waals surface area contributed by atoms with E-state index in [0.29, 0.717) is 19.4 Å². The zero-order valence-electron chi connectivity index (χ0n) is 52.9. The highest BCUT2D eigenvalue weighted by Gasteiger charge is 2.44. The van der Waals surface area contributed by atoms with Crippen molar-refractivity contribution in [1.82, 2.24) is 5.32 Å². The molecule has 1 amide bonds. The van der Waals surface area contributed by atoms with Crippen LogP contribution in [-0.2, 0) is 23.8 Å². The van der Waals surface area contributed by atoms with Gasteiger partial charge in [-0.3, -0.25) is 9.59 Å². The Morgan fingerprint density at radius 2 is 0.829 bits per heavy atom. The second-order valence-electron chi connectivity index (χ2n) is 23.9. The summed E-state index contributed by atoms with van der Waals surface area (Å²) in [6, 6.07) is -0.828. The van der Waals surface area contributed by atoms with Gasteiger partial charge in [-0.2, -0.15) is 0 Å². The van der Waals surface area contributed by atoms with Gasteiger partial charge >= 0.3 is 5.97 Å². The Balaban J connectivity index is 1.94. The van der Waals surface area contributed by atoms with Crippen molar-refractivity contribution >= 4 is 11.9 Å². The highest BCUT2D eigenvalue weighted by atomic mass is 16.7. The summed E-state index contributed by atoms with van der Waals surface area (Å²) in [6.07, 6.45) is 69.4. The third-order valence-corrected chi connectivity index (χ3v) is 16.1. The van der Waals surface area contributed by atoms with Gasteiger partial charge in [0.05, 0.1) is 32.0 Å². The number of carbonyl (C=O) groups excluding carboxylic acids is 2. The molecule has 11 nitrogen and oxygen atoms in total. The SMILES string of the molecule is CCCCC/C=C/CC/C=C/C(O)C(COC1OC(CO)C(O)C(O)C1O)NC(=O)CCCCCCCCCCCCCCC/C=C\C/C=C\CCCCCCCCCCCOC(=O)CCCCCCC/C=C\CCCCCCCCC. The molecule has 478 valence electrons. The molecule has 0 radical (unpaired) electrons. The molecule has 0 aromatic carbocycles. The third-order valence-electron chi connectivity index (χ3n) is 16.1. The summed E-state index contributed by atoms with van der Waals surface area (Å²) in [6.45, 7) is 4.28. The van der Waals surface area contributed by atoms with E-state index in [2.05, 4.69) is 67.8 Å². The fourth-order valence-electron chi connectivity index (χ4n) is 10.6. The van der Waals surface area contributed by atoms with Crippen molar-refractivity contribution in [1.29, 1.82) is 0 Å². The smallest absolute Gasteiger partial charge is 0.305 e. The summed E-state index contributed by atoms with van der Waals surface area (Å²) in [5.74, 6) is -0.200. The van der Waals surface area contributed by atoms with Gasteiger partial charge in [-0.25, -0.2) is 0 Å². The van der Waals surface area contributed by atoms with Crippen LogP contribution < -0.4 is 5.32 Å². The molecule has 6 N–H and O–H groups in total. The Hall–Kier alpha value is -2.64. The fraction of sp³-hybridized carbons (Fsp3) is 0.831. The topological polar surface area (TPSA) is 175 Å². The quantitative estimate of drug-likeness (QED) is 0.0195. The number of amides is 1. The molecule has 0 spiro atoms. The molecule has 1 heterocycles. The predicted octanol–water partition coefficient (Wildman–Crippen LogP) is 17.3. The Morgan fingerprint density at radius 1 is 0.451 bits per heavy atom. The maximum absolute atomic E-state index is 13.0. The first kappa shape index (κ1) is 77.4. The minimum absolute atomic E-state index is 0.00469. The molecule has 1 fully saturated rings. The number of nitrogens with one attached hydrogen (secondary N) is 1. The number of carbonyl (C=O) groups is 2. The number of aliphatic hydroxyl groups excluding tert-OH is 5. The molecule has 0 saturated carbocycles. The van der Waals surface area contributed by atoms with Gasteiger partial charge < -0.3 is 45.1 Å². The van der Waals surface area contributed by atoms with Gasteiger partial charge in [0.2, 0.25) is 5.91 Å². The molecule has 1 rings (SSSR count). The molecule has 0 bridgehead atoms. The van der Waals surface area contributed by atoms with Gasteiger partial charge in [0.25, 0.3) is 0 Å². The van der Waals surface area contributed by atoms with E-state index in [9.17, 15) is 35.1 Å². The second kappa shape index (κ2) is 60.1. The minimum atomic E-state index is -1.58. The predicted molar refractivity (Wildman–Crippen MR) is 343 cm³/mol. The number of unbranched alkanes of at least 4 members (excludes halogenated alkanes) is 38. The fourth-order valence-corrected chi connectivity index (χ4v) is 10.6. The summed E-state index contributed by atoms with van der Waals surface area (Å²) in [7, 11) is 0. The van der Waals surface area contributed by atoms with Crippen LogP contribution in [0.1, 0.15) is 316 Å². The highest BCUT2D eigenvalue weighted by molar-refractivity contribution is 5.76. The van der Waals surface area contributed by atoms with Gasteiger partial charge in [-0.1, -0.05) is 261 Å². The molecular formula is C71H129NO10. The standard InChI is InChI=1S/C71H129NO10/c1-3-5-7-9-11-13-14-15-16-33-36-39-43-47-51-55-59-67(76)80-60-56-52-48-44-40-37-34-31-29-27-25-23-21-19-17-18-20-22-24-26-28-30-32-35-38-42-46-50-54-58-66(75)72-63(64(74)57-53-49-45-41-12-10-8-6-4-2)62-81-71-70(79)69(78)68(77)65(61-73)82-71/h12,16-17,19,23,25,33,41,53,57,63-65,68-71,73-74,77-79H,3-11,13-15,18,20-22,24,26-32,34-40,42-52,54-56,58-62H2,1-2H3,(H,72,75)/b19-17-,25-23-,33-16-,41-12+,57-53+. The van der Waals surface area contributed by atoms with Crippen LogP contribution >= 0.6 is 0 Å². The van der Waals surface area contributed by atoms with Gasteiger partial charge in [0.15, 0.2) is 6.29 Å². The lowest BCUT2D eigenvalue weighted by molar-refractivity contribution is -0.302. The first-order valence-corrected chi connectivity index (χ1v) is 34.6. The molecule has 82 heavy (non-hydrogen) atoms. The third kappa shape index (κ3) is 48.6. The van der Waals surface area contributed by atoms with E-state index in [1.165, 1.54) is 225 Å². The van der Waals surface area contributed by atoms with Crippen molar-refractivity contribution in [2.24, 2.45) is 0 Å². The summed E-state index contributed by atoms with van der Waals surface area (Å²) in [4.78, 5) is 25.1. The Bertz CT molecular complexity index is 1550. The van der Waals surface area contributed by atoms with Gasteiger partial charge in [-0.05, 0) is 103 Å². The average Bonchev–Trinajstić information content (AvgIpc) is 3.48. The minimum Gasteiger partial charge on any atom is -0.466 e. The monoisotopic (exact) mass is 1160 g/mol. The van der Waals surface area contributed by atoms with Crippen LogP contribution in [0.3, 0.4) is 0 Å². The molecule has 11 heteroatoms. The number of aliphatic hydroxyl groups is 5. The van der Waals surface area contributed by atoms with E-state index < -0.39 is 49.5 Å². The summed E-state index contributed by atoms with van der Waals surface area (Å²) in [5.41, 5.74) is 0. The maximum Gasteiger partial charge on any atom is 0.305 e. The normalized spacial score (nSPS) is 18.5. The van der Waals surface area contributed by atoms with E-state index >= 15 is 0 Å². The molecule has 1 aliphatic heterocycles. The van der Waals surface area contributed by atoms with Gasteiger partial charge in [0, 0.05) is 12.8 Å².